The maximum Gasteiger partial charge on any atom is 0.309 e. The minimum absolute atomic E-state index is 0.00203. The third-order valence-corrected chi connectivity index (χ3v) is 14.1. The van der Waals surface area contributed by atoms with Crippen molar-refractivity contribution in [2.24, 2.45) is 56.7 Å². The number of aliphatic hydroxyl groups excluding tert-OH is 1. The summed E-state index contributed by atoms with van der Waals surface area (Å²) in [6.45, 7) is 16.3. The Morgan fingerprint density at radius 1 is 0.765 bits per heavy atom. The zero-order chi connectivity index (χ0) is 25.1. The molecule has 11 atom stereocenters. The van der Waals surface area contributed by atoms with Gasteiger partial charge in [-0.1, -0.05) is 41.5 Å². The summed E-state index contributed by atoms with van der Waals surface area (Å²) in [7, 11) is 0. The number of aliphatic carboxylic acids is 1. The number of carbonyl (C=O) groups is 1. The monoisotopic (exact) mass is 474 g/mol. The van der Waals surface area contributed by atoms with E-state index in [2.05, 4.69) is 41.5 Å². The van der Waals surface area contributed by atoms with E-state index in [-0.39, 0.29) is 39.6 Å². The van der Waals surface area contributed by atoms with Crippen molar-refractivity contribution in [3.8, 4) is 0 Å². The molecule has 4 heteroatoms. The van der Waals surface area contributed by atoms with Gasteiger partial charge in [0, 0.05) is 0 Å². The SMILES string of the molecule is C[C@H]1[C@H]2[C@H]3CC[C@@H]4[C@@]5(C)CC[C@H](O)C(C)(C)[C@H]5CC[C@@]4(C)[C@]3(C)CC[C@@]2(C(=O)O)CC[C@@]1(C)O. The van der Waals surface area contributed by atoms with Crippen molar-refractivity contribution >= 4 is 5.97 Å². The first-order chi connectivity index (χ1) is 15.6. The van der Waals surface area contributed by atoms with Gasteiger partial charge >= 0.3 is 5.97 Å². The van der Waals surface area contributed by atoms with Gasteiger partial charge in [0.1, 0.15) is 0 Å². The van der Waals surface area contributed by atoms with Crippen LogP contribution in [0.4, 0.5) is 0 Å². The fourth-order valence-corrected chi connectivity index (χ4v) is 11.6. The van der Waals surface area contributed by atoms with Gasteiger partial charge in [-0.05, 0) is 122 Å². The van der Waals surface area contributed by atoms with Crippen molar-refractivity contribution in [2.75, 3.05) is 0 Å². The van der Waals surface area contributed by atoms with E-state index in [1.165, 1.54) is 6.42 Å². The summed E-state index contributed by atoms with van der Waals surface area (Å²) in [6, 6.07) is 0. The fraction of sp³-hybridized carbons (Fsp3) is 0.967. The molecule has 5 aliphatic rings. The van der Waals surface area contributed by atoms with E-state index >= 15 is 0 Å². The van der Waals surface area contributed by atoms with Crippen LogP contribution in [-0.2, 0) is 4.79 Å². The molecule has 5 fully saturated rings. The first kappa shape index (κ1) is 25.1. The Morgan fingerprint density at radius 3 is 2.06 bits per heavy atom. The molecule has 0 amide bonds. The highest BCUT2D eigenvalue weighted by molar-refractivity contribution is 5.76. The average Bonchev–Trinajstić information content (AvgIpc) is 2.74. The topological polar surface area (TPSA) is 77.8 Å². The zero-order valence-electron chi connectivity index (χ0n) is 22.8. The van der Waals surface area contributed by atoms with Crippen molar-refractivity contribution in [2.45, 2.75) is 124 Å². The van der Waals surface area contributed by atoms with Crippen LogP contribution in [0.1, 0.15) is 113 Å². The van der Waals surface area contributed by atoms with Crippen molar-refractivity contribution in [1.29, 1.82) is 0 Å². The first-order valence-electron chi connectivity index (χ1n) is 14.2. The lowest BCUT2D eigenvalue weighted by Gasteiger charge is -2.73. The molecule has 4 nitrogen and oxygen atoms in total. The minimum Gasteiger partial charge on any atom is -0.481 e. The molecule has 0 heterocycles. The van der Waals surface area contributed by atoms with Gasteiger partial charge in [-0.2, -0.15) is 0 Å². The van der Waals surface area contributed by atoms with Crippen LogP contribution in [-0.4, -0.2) is 33.0 Å². The lowest BCUT2D eigenvalue weighted by molar-refractivity contribution is -0.265. The van der Waals surface area contributed by atoms with E-state index < -0.39 is 17.0 Å². The molecule has 0 aliphatic heterocycles. The molecule has 5 aliphatic carbocycles. The molecule has 0 aromatic heterocycles. The molecule has 5 rings (SSSR count). The molecule has 0 saturated heterocycles. The quantitative estimate of drug-likeness (QED) is 0.418. The summed E-state index contributed by atoms with van der Waals surface area (Å²) in [4.78, 5) is 12.8. The van der Waals surface area contributed by atoms with Crippen LogP contribution in [0.15, 0.2) is 0 Å². The Labute approximate surface area is 207 Å². The van der Waals surface area contributed by atoms with Gasteiger partial charge in [0.15, 0.2) is 0 Å². The molecule has 0 spiro atoms. The summed E-state index contributed by atoms with van der Waals surface area (Å²) in [5.41, 5.74) is -1.01. The number of carboxylic acid groups (broad SMARTS) is 1. The second-order valence-electron chi connectivity index (χ2n) is 15.2. The molecule has 5 saturated carbocycles. The molecule has 0 aromatic carbocycles. The number of rotatable bonds is 1. The molecule has 0 aromatic rings. The van der Waals surface area contributed by atoms with E-state index in [4.69, 9.17) is 0 Å². The Balaban J connectivity index is 1.57. The number of carboxylic acids is 1. The van der Waals surface area contributed by atoms with Gasteiger partial charge in [0.05, 0.1) is 17.1 Å². The highest BCUT2D eigenvalue weighted by Crippen LogP contribution is 2.77. The number of hydrogen-bond acceptors (Lipinski definition) is 3. The molecular weight excluding hydrogens is 424 g/mol. The molecule has 0 bridgehead atoms. The highest BCUT2D eigenvalue weighted by Gasteiger charge is 2.72. The predicted molar refractivity (Wildman–Crippen MR) is 134 cm³/mol. The lowest BCUT2D eigenvalue weighted by Crippen LogP contribution is -2.69. The van der Waals surface area contributed by atoms with E-state index in [9.17, 15) is 20.1 Å². The van der Waals surface area contributed by atoms with Gasteiger partial charge in [-0.15, -0.1) is 0 Å². The van der Waals surface area contributed by atoms with E-state index in [1.807, 2.05) is 6.92 Å². The summed E-state index contributed by atoms with van der Waals surface area (Å²) in [6.07, 6.45) is 9.35. The molecule has 0 radical (unpaired) electrons. The van der Waals surface area contributed by atoms with Gasteiger partial charge in [0.2, 0.25) is 0 Å². The third-order valence-electron chi connectivity index (χ3n) is 14.1. The normalized spacial score (nSPS) is 58.6. The summed E-state index contributed by atoms with van der Waals surface area (Å²) >= 11 is 0. The minimum atomic E-state index is -0.785. The smallest absolute Gasteiger partial charge is 0.309 e. The van der Waals surface area contributed by atoms with E-state index in [0.717, 1.165) is 44.9 Å². The largest absolute Gasteiger partial charge is 0.481 e. The highest BCUT2D eigenvalue weighted by atomic mass is 16.4. The predicted octanol–water partition coefficient (Wildman–Crippen LogP) is 6.28. The maximum absolute atomic E-state index is 12.8. The fourth-order valence-electron chi connectivity index (χ4n) is 11.6. The van der Waals surface area contributed by atoms with Crippen molar-refractivity contribution < 1.29 is 20.1 Å². The second-order valence-corrected chi connectivity index (χ2v) is 15.2. The maximum atomic E-state index is 12.8. The van der Waals surface area contributed by atoms with Crippen LogP contribution in [0.3, 0.4) is 0 Å². The zero-order valence-corrected chi connectivity index (χ0v) is 22.8. The van der Waals surface area contributed by atoms with Crippen LogP contribution in [0.5, 0.6) is 0 Å². The second kappa shape index (κ2) is 7.24. The van der Waals surface area contributed by atoms with Crippen LogP contribution in [0, 0.1) is 56.7 Å². The average molecular weight is 475 g/mol. The molecule has 0 unspecified atom stereocenters. The Morgan fingerprint density at radius 2 is 1.41 bits per heavy atom. The van der Waals surface area contributed by atoms with Crippen molar-refractivity contribution in [3.05, 3.63) is 0 Å². The molecule has 3 N–H and O–H groups in total. The Hall–Kier alpha value is -0.610. The van der Waals surface area contributed by atoms with Crippen LogP contribution >= 0.6 is 0 Å². The number of hydrogen-bond donors (Lipinski definition) is 3. The molecule has 194 valence electrons. The van der Waals surface area contributed by atoms with Gasteiger partial charge in [-0.25, -0.2) is 0 Å². The standard InChI is InChI=1S/C30H50O4/c1-18-23-19-8-9-21-26(4)12-11-22(31)25(2,3)20(26)10-13-28(21,6)27(19,5)14-16-30(23,24(32)33)17-15-29(18,7)34/h18-23,31,34H,8-17H2,1-7H3,(H,32,33)/t18-,19+,20+,21+,22-,23-,26-,27+,28+,29+,30+/m0/s1. The van der Waals surface area contributed by atoms with Crippen LogP contribution < -0.4 is 0 Å². The number of fused-ring (bicyclic) bond motifs is 7. The lowest BCUT2D eigenvalue weighted by atomic mass is 9.31. The first-order valence-corrected chi connectivity index (χ1v) is 14.2. The Kier molecular flexibility index (Phi) is 5.34. The third kappa shape index (κ3) is 2.82. The van der Waals surface area contributed by atoms with Crippen LogP contribution in [0.2, 0.25) is 0 Å². The van der Waals surface area contributed by atoms with Crippen LogP contribution in [0.25, 0.3) is 0 Å². The summed E-state index contributed by atoms with van der Waals surface area (Å²) in [5, 5.41) is 32.8. The van der Waals surface area contributed by atoms with Gasteiger partial charge in [-0.3, -0.25) is 4.79 Å². The number of aliphatic hydroxyl groups is 2. The molecular formula is C30H50O4. The molecule has 34 heavy (non-hydrogen) atoms. The van der Waals surface area contributed by atoms with Crippen molar-refractivity contribution in [3.63, 3.8) is 0 Å². The van der Waals surface area contributed by atoms with Gasteiger partial charge in [0.25, 0.3) is 0 Å². The van der Waals surface area contributed by atoms with Gasteiger partial charge < -0.3 is 15.3 Å². The van der Waals surface area contributed by atoms with E-state index in [1.54, 1.807) is 0 Å². The van der Waals surface area contributed by atoms with Crippen molar-refractivity contribution in [1.82, 2.24) is 0 Å². The summed E-state index contributed by atoms with van der Waals surface area (Å²) < 4.78 is 0. The van der Waals surface area contributed by atoms with E-state index in [0.29, 0.717) is 30.6 Å². The Bertz CT molecular complexity index is 864. The summed E-state index contributed by atoms with van der Waals surface area (Å²) in [5.74, 6) is 0.926.